The largest absolute Gasteiger partial charge is 0.490 e. The van der Waals surface area contributed by atoms with Gasteiger partial charge in [0, 0.05) is 18.0 Å². The number of nitrogen functional groups attached to an aromatic ring is 1. The van der Waals surface area contributed by atoms with Crippen molar-refractivity contribution in [2.75, 3.05) is 41.9 Å². The highest BCUT2D eigenvalue weighted by molar-refractivity contribution is 7.66. The molecule has 3 heterocycles. The fourth-order valence-electron chi connectivity index (χ4n) is 4.08. The standard InChI is InChI=1S/C16H29N8O13P3/c17-14-11-15(20-8-19-14)24(9-23(11)6-4-2-1-3-5-21-22-18)16-13(26)12(25)10(35-16)7-34-39(30,31)37-40(32,33)36-38(27,28)29/h8,10,12-13,16,25-26H,1-7,9H2,(H,30,31)(H,32,33)(H2,17,19,20)(H2,27,28,29)/t10-,12-,13-,16-/m1/s1. The fourth-order valence-corrected chi connectivity index (χ4v) is 7.11. The first kappa shape index (κ1) is 32.6. The van der Waals surface area contributed by atoms with Gasteiger partial charge in [0.2, 0.25) is 0 Å². The summed E-state index contributed by atoms with van der Waals surface area (Å²) in [7, 11) is -16.8. The van der Waals surface area contributed by atoms with E-state index in [9.17, 15) is 33.7 Å². The van der Waals surface area contributed by atoms with Gasteiger partial charge in [-0.15, -0.1) is 0 Å². The van der Waals surface area contributed by atoms with Gasteiger partial charge in [0.15, 0.2) is 17.9 Å². The van der Waals surface area contributed by atoms with Crippen LogP contribution < -0.4 is 15.5 Å². The van der Waals surface area contributed by atoms with E-state index in [4.69, 9.17) is 25.8 Å². The van der Waals surface area contributed by atoms with E-state index in [1.807, 2.05) is 4.90 Å². The zero-order valence-corrected chi connectivity index (χ0v) is 23.3. The molecule has 2 aliphatic heterocycles. The molecule has 0 spiro atoms. The minimum atomic E-state index is -5.73. The van der Waals surface area contributed by atoms with Gasteiger partial charge in [-0.05, 0) is 18.4 Å². The Hall–Kier alpha value is -1.92. The van der Waals surface area contributed by atoms with Gasteiger partial charge in [0.05, 0.1) is 13.3 Å². The van der Waals surface area contributed by atoms with Crippen LogP contribution in [-0.4, -0.2) is 90.7 Å². The maximum Gasteiger partial charge on any atom is 0.490 e. The molecule has 2 aliphatic rings. The van der Waals surface area contributed by atoms with E-state index >= 15 is 0 Å². The van der Waals surface area contributed by atoms with Crippen LogP contribution in [0.4, 0.5) is 17.3 Å². The van der Waals surface area contributed by atoms with Crippen molar-refractivity contribution in [1.29, 1.82) is 0 Å². The second kappa shape index (κ2) is 13.4. The topological polar surface area (TPSA) is 317 Å². The van der Waals surface area contributed by atoms with Crippen molar-refractivity contribution >= 4 is 40.8 Å². The molecule has 40 heavy (non-hydrogen) atoms. The molecule has 0 amide bonds. The Kier molecular flexibility index (Phi) is 10.9. The average Bonchev–Trinajstić information content (AvgIpc) is 3.33. The van der Waals surface area contributed by atoms with Crippen molar-refractivity contribution < 1.29 is 61.4 Å². The van der Waals surface area contributed by atoms with Gasteiger partial charge in [-0.25, -0.2) is 23.7 Å². The zero-order chi connectivity index (χ0) is 29.7. The normalized spacial score (nSPS) is 25.8. The fraction of sp³-hybridized carbons (Fsp3) is 0.750. The minimum absolute atomic E-state index is 0.119. The Labute approximate surface area is 226 Å². The molecule has 1 aromatic rings. The smallest absolute Gasteiger partial charge is 0.387 e. The maximum absolute atomic E-state index is 12.0. The first-order valence-corrected chi connectivity index (χ1v) is 16.1. The van der Waals surface area contributed by atoms with E-state index in [0.717, 1.165) is 25.7 Å². The number of unbranched alkanes of at least 4 members (excludes halogenated alkanes) is 3. The van der Waals surface area contributed by atoms with Gasteiger partial charge in [0.1, 0.15) is 30.3 Å². The molecule has 21 nitrogen and oxygen atoms in total. The lowest BCUT2D eigenvalue weighted by molar-refractivity contribution is -0.0217. The van der Waals surface area contributed by atoms with Crippen LogP contribution in [0.25, 0.3) is 10.4 Å². The summed E-state index contributed by atoms with van der Waals surface area (Å²) < 4.78 is 51.7. The first-order chi connectivity index (χ1) is 18.6. The molecule has 0 radical (unpaired) electrons. The number of ether oxygens (including phenoxy) is 1. The number of anilines is 3. The van der Waals surface area contributed by atoms with E-state index in [0.29, 0.717) is 24.6 Å². The van der Waals surface area contributed by atoms with Gasteiger partial charge < -0.3 is 50.1 Å². The Morgan fingerprint density at radius 3 is 2.45 bits per heavy atom. The van der Waals surface area contributed by atoms with Gasteiger partial charge in [0.25, 0.3) is 0 Å². The molecule has 6 atom stereocenters. The van der Waals surface area contributed by atoms with E-state index in [-0.39, 0.29) is 12.5 Å². The van der Waals surface area contributed by atoms with Crippen LogP contribution in [0.15, 0.2) is 11.4 Å². The van der Waals surface area contributed by atoms with Crippen LogP contribution in [0.5, 0.6) is 0 Å². The number of hydrogen-bond acceptors (Lipinski definition) is 15. The Bertz CT molecular complexity index is 1230. The molecule has 0 aliphatic carbocycles. The van der Waals surface area contributed by atoms with Crippen LogP contribution in [0.2, 0.25) is 0 Å². The molecule has 1 fully saturated rings. The van der Waals surface area contributed by atoms with Gasteiger partial charge in [-0.1, -0.05) is 18.0 Å². The second-order valence-corrected chi connectivity index (χ2v) is 13.0. The summed E-state index contributed by atoms with van der Waals surface area (Å²) in [6.07, 6.45) is -1.64. The van der Waals surface area contributed by atoms with Crippen LogP contribution in [0.1, 0.15) is 25.7 Å². The lowest BCUT2D eigenvalue weighted by Gasteiger charge is -2.28. The summed E-state index contributed by atoms with van der Waals surface area (Å²) >= 11 is 0. The highest BCUT2D eigenvalue weighted by atomic mass is 31.3. The van der Waals surface area contributed by atoms with E-state index in [2.05, 4.69) is 33.1 Å². The summed E-state index contributed by atoms with van der Waals surface area (Å²) in [5.41, 5.74) is 14.9. The maximum atomic E-state index is 12.0. The average molecular weight is 634 g/mol. The Balaban J connectivity index is 1.63. The number of fused-ring (bicyclic) bond motifs is 1. The van der Waals surface area contributed by atoms with E-state index < -0.39 is 54.6 Å². The van der Waals surface area contributed by atoms with E-state index in [1.165, 1.54) is 11.2 Å². The predicted molar refractivity (Wildman–Crippen MR) is 134 cm³/mol. The van der Waals surface area contributed by atoms with Gasteiger partial charge in [-0.3, -0.25) is 4.52 Å². The minimum Gasteiger partial charge on any atom is -0.387 e. The molecular weight excluding hydrogens is 605 g/mol. The highest BCUT2D eigenvalue weighted by Gasteiger charge is 2.50. The Morgan fingerprint density at radius 1 is 1.07 bits per heavy atom. The molecule has 1 aromatic heterocycles. The van der Waals surface area contributed by atoms with Crippen LogP contribution in [0, 0.1) is 0 Å². The number of aliphatic hydroxyl groups excluding tert-OH is 2. The summed E-state index contributed by atoms with van der Waals surface area (Å²) in [5.74, 6) is 0.453. The second-order valence-electron chi connectivity index (χ2n) is 8.61. The summed E-state index contributed by atoms with van der Waals surface area (Å²) in [4.78, 5) is 50.4. The lowest BCUT2D eigenvalue weighted by atomic mass is 10.1. The summed E-state index contributed by atoms with van der Waals surface area (Å²) in [6, 6.07) is 0. The van der Waals surface area contributed by atoms with Crippen molar-refractivity contribution in [3.8, 4) is 0 Å². The molecular formula is C16H29N8O13P3. The quantitative estimate of drug-likeness (QED) is 0.0448. The molecule has 226 valence electrons. The SMILES string of the molecule is [N-]=[N+]=NCCCCCCN1CN([C@@H]2O[C@H](COP(=O)(O)OP(=O)(O)OP(=O)(O)O)[C@@H](O)[C@H]2O)c2ncnc(N)c21. The number of azide groups is 1. The Morgan fingerprint density at radius 2 is 1.77 bits per heavy atom. The van der Waals surface area contributed by atoms with Crippen LogP contribution in [-0.2, 0) is 31.6 Å². The van der Waals surface area contributed by atoms with Crippen LogP contribution in [0.3, 0.4) is 0 Å². The predicted octanol–water partition coefficient (Wildman–Crippen LogP) is 0.303. The van der Waals surface area contributed by atoms with Crippen molar-refractivity contribution in [3.63, 3.8) is 0 Å². The first-order valence-electron chi connectivity index (χ1n) is 11.6. The molecule has 2 unspecified atom stereocenters. The number of aliphatic hydroxyl groups is 2. The van der Waals surface area contributed by atoms with Crippen molar-refractivity contribution in [1.82, 2.24) is 9.97 Å². The van der Waals surface area contributed by atoms with Crippen molar-refractivity contribution in [3.05, 3.63) is 16.8 Å². The highest BCUT2D eigenvalue weighted by Crippen LogP contribution is 2.66. The molecule has 3 rings (SSSR count). The number of aromatic nitrogens is 2. The van der Waals surface area contributed by atoms with Crippen LogP contribution >= 0.6 is 23.5 Å². The molecule has 0 bridgehead atoms. The van der Waals surface area contributed by atoms with E-state index in [1.54, 1.807) is 0 Å². The monoisotopic (exact) mass is 634 g/mol. The molecule has 0 aromatic carbocycles. The number of phosphoric acid groups is 3. The third-order valence-electron chi connectivity index (χ3n) is 5.70. The summed E-state index contributed by atoms with van der Waals surface area (Å²) in [5, 5.41) is 24.6. The number of hydrogen-bond donors (Lipinski definition) is 7. The van der Waals surface area contributed by atoms with Gasteiger partial charge in [-0.2, -0.15) is 8.62 Å². The molecule has 8 N–H and O–H groups in total. The van der Waals surface area contributed by atoms with Crippen molar-refractivity contribution in [2.45, 2.75) is 50.2 Å². The number of phosphoric ester groups is 1. The van der Waals surface area contributed by atoms with Crippen molar-refractivity contribution in [2.24, 2.45) is 5.11 Å². The number of nitrogens with zero attached hydrogens (tertiary/aromatic N) is 7. The third kappa shape index (κ3) is 8.79. The zero-order valence-electron chi connectivity index (χ0n) is 20.6. The molecule has 1 saturated heterocycles. The number of rotatable bonds is 15. The number of nitrogens with two attached hydrogens (primary N) is 1. The third-order valence-corrected chi connectivity index (χ3v) is 9.51. The molecule has 24 heteroatoms. The summed E-state index contributed by atoms with van der Waals surface area (Å²) in [6.45, 7) is 0.0854. The molecule has 0 saturated carbocycles. The van der Waals surface area contributed by atoms with Gasteiger partial charge >= 0.3 is 23.5 Å². The lowest BCUT2D eigenvalue weighted by Crippen LogP contribution is -2.46.